The Labute approximate surface area is 107 Å². The van der Waals surface area contributed by atoms with E-state index in [1.54, 1.807) is 11.8 Å². The number of carbonyl (C=O) groups excluding carboxylic acids is 1. The average Bonchev–Trinajstić information content (AvgIpc) is 2.68. The van der Waals surface area contributed by atoms with Gasteiger partial charge in [-0.2, -0.15) is 11.8 Å². The van der Waals surface area contributed by atoms with Gasteiger partial charge in [0.05, 0.1) is 6.54 Å². The second-order valence-corrected chi connectivity index (χ2v) is 5.26. The first-order valence-corrected chi connectivity index (χ1v) is 7.20. The van der Waals surface area contributed by atoms with Gasteiger partial charge in [0.25, 0.3) is 0 Å². The molecule has 1 heterocycles. The van der Waals surface area contributed by atoms with Crippen LogP contribution < -0.4 is 5.32 Å². The van der Waals surface area contributed by atoms with Crippen LogP contribution in [0.4, 0.5) is 0 Å². The summed E-state index contributed by atoms with van der Waals surface area (Å²) in [4.78, 5) is 13.7. The highest BCUT2D eigenvalue weighted by Gasteiger charge is 2.30. The number of thioether (sulfide) groups is 1. The fourth-order valence-electron chi connectivity index (χ4n) is 2.12. The number of carbonyl (C=O) groups is 1. The topological polar surface area (TPSA) is 32.3 Å². The summed E-state index contributed by atoms with van der Waals surface area (Å²) in [5, 5.41) is 3.28. The number of aryl methyl sites for hydroxylation is 1. The van der Waals surface area contributed by atoms with Crippen LogP contribution in [0.3, 0.4) is 0 Å². The zero-order valence-corrected chi connectivity index (χ0v) is 11.1. The fourth-order valence-corrected chi connectivity index (χ4v) is 2.50. The fraction of sp³-hybridized carbons (Fsp3) is 0.462. The number of hydrogen-bond acceptors (Lipinski definition) is 3. The first-order chi connectivity index (χ1) is 8.22. The number of hydrogen-bond donors (Lipinski definition) is 1. The third kappa shape index (κ3) is 2.82. The average molecular weight is 250 g/mol. The lowest BCUT2D eigenvalue weighted by atomic mass is 10.1. The van der Waals surface area contributed by atoms with E-state index in [-0.39, 0.29) is 12.1 Å². The second-order valence-electron chi connectivity index (χ2n) is 4.28. The van der Waals surface area contributed by atoms with Crippen molar-refractivity contribution in [3.8, 4) is 0 Å². The number of nitrogens with zero attached hydrogens (tertiary/aromatic N) is 1. The minimum absolute atomic E-state index is 0.0505. The summed E-state index contributed by atoms with van der Waals surface area (Å²) in [6.45, 7) is 3.34. The predicted octanol–water partition coefficient (Wildman–Crippen LogP) is 1.79. The molecular formula is C13H18N2OS. The van der Waals surface area contributed by atoms with Crippen LogP contribution in [0.5, 0.6) is 0 Å². The first-order valence-electron chi connectivity index (χ1n) is 5.80. The molecule has 1 saturated heterocycles. The Hall–Kier alpha value is -1.00. The van der Waals surface area contributed by atoms with E-state index in [1.165, 1.54) is 11.1 Å². The molecule has 92 valence electrons. The van der Waals surface area contributed by atoms with Gasteiger partial charge in [-0.3, -0.25) is 10.1 Å². The molecule has 0 spiro atoms. The molecule has 1 atom stereocenters. The molecule has 0 saturated carbocycles. The highest BCUT2D eigenvalue weighted by atomic mass is 32.2. The van der Waals surface area contributed by atoms with E-state index in [9.17, 15) is 4.79 Å². The molecule has 4 heteroatoms. The van der Waals surface area contributed by atoms with Gasteiger partial charge in [0.15, 0.2) is 0 Å². The highest BCUT2D eigenvalue weighted by Crippen LogP contribution is 2.23. The van der Waals surface area contributed by atoms with Crippen molar-refractivity contribution in [3.63, 3.8) is 0 Å². The molecule has 0 radical (unpaired) electrons. The molecule has 0 bridgehead atoms. The monoisotopic (exact) mass is 250 g/mol. The van der Waals surface area contributed by atoms with Crippen LogP contribution in [0, 0.1) is 6.92 Å². The maximum atomic E-state index is 11.8. The summed E-state index contributed by atoms with van der Waals surface area (Å²) in [7, 11) is 0. The zero-order chi connectivity index (χ0) is 12.3. The quantitative estimate of drug-likeness (QED) is 0.884. The van der Waals surface area contributed by atoms with Crippen molar-refractivity contribution < 1.29 is 4.79 Å². The molecule has 1 aliphatic rings. The van der Waals surface area contributed by atoms with Crippen molar-refractivity contribution in [3.05, 3.63) is 35.4 Å². The van der Waals surface area contributed by atoms with Crippen molar-refractivity contribution in [1.29, 1.82) is 0 Å². The summed E-state index contributed by atoms with van der Waals surface area (Å²) < 4.78 is 0. The van der Waals surface area contributed by atoms with Crippen LogP contribution in [-0.4, -0.2) is 35.9 Å². The SMILES string of the molecule is CSCCN1C(=O)CNC1c1cccc(C)c1. The van der Waals surface area contributed by atoms with Crippen molar-refractivity contribution >= 4 is 17.7 Å². The molecule has 1 aromatic carbocycles. The number of amides is 1. The summed E-state index contributed by atoms with van der Waals surface area (Å²) >= 11 is 1.77. The van der Waals surface area contributed by atoms with E-state index in [0.717, 1.165) is 12.3 Å². The third-order valence-electron chi connectivity index (χ3n) is 2.97. The Morgan fingerprint density at radius 3 is 3.06 bits per heavy atom. The molecule has 2 rings (SSSR count). The lowest BCUT2D eigenvalue weighted by molar-refractivity contribution is -0.127. The van der Waals surface area contributed by atoms with Crippen LogP contribution >= 0.6 is 11.8 Å². The Bertz CT molecular complexity index is 408. The summed E-state index contributed by atoms with van der Waals surface area (Å²) in [6, 6.07) is 8.34. The van der Waals surface area contributed by atoms with Gasteiger partial charge >= 0.3 is 0 Å². The highest BCUT2D eigenvalue weighted by molar-refractivity contribution is 7.98. The second kappa shape index (κ2) is 5.56. The zero-order valence-electron chi connectivity index (χ0n) is 10.3. The standard InChI is InChI=1S/C13H18N2OS/c1-10-4-3-5-11(8-10)13-14-9-12(16)15(13)6-7-17-2/h3-5,8,13-14H,6-7,9H2,1-2H3. The summed E-state index contributed by atoms with van der Waals surface area (Å²) in [6.07, 6.45) is 2.12. The number of benzene rings is 1. The Balaban J connectivity index is 2.16. The lowest BCUT2D eigenvalue weighted by Crippen LogP contribution is -2.32. The minimum Gasteiger partial charge on any atom is -0.321 e. The molecule has 1 unspecified atom stereocenters. The van der Waals surface area contributed by atoms with E-state index in [1.807, 2.05) is 11.0 Å². The molecule has 0 aromatic heterocycles. The smallest absolute Gasteiger partial charge is 0.238 e. The summed E-state index contributed by atoms with van der Waals surface area (Å²) in [5.41, 5.74) is 2.41. The molecule has 1 aliphatic heterocycles. The van der Waals surface area contributed by atoms with E-state index >= 15 is 0 Å². The van der Waals surface area contributed by atoms with Gasteiger partial charge < -0.3 is 4.90 Å². The Morgan fingerprint density at radius 1 is 1.53 bits per heavy atom. The van der Waals surface area contributed by atoms with Crippen molar-refractivity contribution in [1.82, 2.24) is 10.2 Å². The predicted molar refractivity (Wildman–Crippen MR) is 72.0 cm³/mol. The van der Waals surface area contributed by atoms with E-state index in [2.05, 4.69) is 36.7 Å². The van der Waals surface area contributed by atoms with Gasteiger partial charge in [0.2, 0.25) is 5.91 Å². The minimum atomic E-state index is 0.0505. The molecule has 0 aliphatic carbocycles. The Morgan fingerprint density at radius 2 is 2.35 bits per heavy atom. The molecule has 3 nitrogen and oxygen atoms in total. The molecule has 1 aromatic rings. The van der Waals surface area contributed by atoms with Gasteiger partial charge in [-0.1, -0.05) is 29.8 Å². The van der Waals surface area contributed by atoms with Crippen LogP contribution in [0.25, 0.3) is 0 Å². The number of nitrogens with one attached hydrogen (secondary N) is 1. The first kappa shape index (κ1) is 12.5. The molecular weight excluding hydrogens is 232 g/mol. The maximum absolute atomic E-state index is 11.8. The van der Waals surface area contributed by atoms with Gasteiger partial charge in [-0.05, 0) is 18.7 Å². The van der Waals surface area contributed by atoms with Crippen molar-refractivity contribution in [2.75, 3.05) is 25.1 Å². The molecule has 1 fully saturated rings. The third-order valence-corrected chi connectivity index (χ3v) is 3.56. The van der Waals surface area contributed by atoms with E-state index in [4.69, 9.17) is 0 Å². The maximum Gasteiger partial charge on any atom is 0.238 e. The van der Waals surface area contributed by atoms with Crippen molar-refractivity contribution in [2.24, 2.45) is 0 Å². The Kier molecular flexibility index (Phi) is 4.07. The van der Waals surface area contributed by atoms with E-state index in [0.29, 0.717) is 6.54 Å². The normalized spacial score (nSPS) is 20.0. The molecule has 17 heavy (non-hydrogen) atoms. The van der Waals surface area contributed by atoms with Gasteiger partial charge in [0, 0.05) is 12.3 Å². The summed E-state index contributed by atoms with van der Waals surface area (Å²) in [5.74, 6) is 1.18. The van der Waals surface area contributed by atoms with Crippen molar-refractivity contribution in [2.45, 2.75) is 13.1 Å². The van der Waals surface area contributed by atoms with Crippen LogP contribution in [0.15, 0.2) is 24.3 Å². The molecule has 1 N–H and O–H groups in total. The lowest BCUT2D eigenvalue weighted by Gasteiger charge is -2.24. The molecule has 1 amide bonds. The van der Waals surface area contributed by atoms with E-state index < -0.39 is 0 Å². The van der Waals surface area contributed by atoms with Crippen LogP contribution in [0.1, 0.15) is 17.3 Å². The van der Waals surface area contributed by atoms with Crippen LogP contribution in [0.2, 0.25) is 0 Å². The number of rotatable bonds is 4. The largest absolute Gasteiger partial charge is 0.321 e. The van der Waals surface area contributed by atoms with Crippen LogP contribution in [-0.2, 0) is 4.79 Å². The van der Waals surface area contributed by atoms with Gasteiger partial charge in [0.1, 0.15) is 6.17 Å². The van der Waals surface area contributed by atoms with Gasteiger partial charge in [-0.25, -0.2) is 0 Å². The van der Waals surface area contributed by atoms with Gasteiger partial charge in [-0.15, -0.1) is 0 Å².